The van der Waals surface area contributed by atoms with Crippen molar-refractivity contribution in [2.24, 2.45) is 0 Å². The van der Waals surface area contributed by atoms with E-state index in [1.165, 1.54) is 109 Å². The highest BCUT2D eigenvalue weighted by Crippen LogP contribution is 2.19. The number of aliphatic carboxylic acids is 1. The normalized spacial score (nSPS) is 12.4. The van der Waals surface area contributed by atoms with Crippen LogP contribution in [0.25, 0.3) is 0 Å². The minimum Gasteiger partial charge on any atom is -0.480 e. The molecular weight excluding hydrogens is 608 g/mol. The number of hydrogen-bond donors (Lipinski definition) is 4. The molecule has 0 aliphatic carbocycles. The monoisotopic (exact) mass is 683 g/mol. The first kappa shape index (κ1) is 45.8. The topological polar surface area (TPSA) is 142 Å². The van der Waals surface area contributed by atoms with Gasteiger partial charge in [0.25, 0.3) is 0 Å². The zero-order valence-electron chi connectivity index (χ0n) is 31.0. The Labute approximate surface area is 293 Å². The number of unbranched alkanes of at least 4 members (excludes halogenated alkanes) is 22. The minimum atomic E-state index is -1.38. The van der Waals surface area contributed by atoms with E-state index < -0.39 is 24.5 Å². The summed E-state index contributed by atoms with van der Waals surface area (Å²) < 4.78 is 5.97. The van der Waals surface area contributed by atoms with Gasteiger partial charge < -0.3 is 25.6 Å². The summed E-state index contributed by atoms with van der Waals surface area (Å²) in [6.07, 6.45) is 32.8. The van der Waals surface area contributed by atoms with Crippen molar-refractivity contribution in [2.75, 3.05) is 13.2 Å². The molecule has 2 amide bonds. The lowest BCUT2D eigenvalue weighted by Gasteiger charge is -2.18. The van der Waals surface area contributed by atoms with Gasteiger partial charge in [0, 0.05) is 12.8 Å². The van der Waals surface area contributed by atoms with Gasteiger partial charge >= 0.3 is 11.9 Å². The summed E-state index contributed by atoms with van der Waals surface area (Å²) in [5, 5.41) is 22.5. The molecule has 2 unspecified atom stereocenters. The van der Waals surface area contributed by atoms with Gasteiger partial charge in [0.15, 0.2) is 0 Å². The smallest absolute Gasteiger partial charge is 0.328 e. The van der Waals surface area contributed by atoms with Crippen LogP contribution in [0.4, 0.5) is 0 Å². The molecule has 9 heteroatoms. The number of aliphatic hydroxyl groups excluding tert-OH is 1. The molecule has 0 spiro atoms. The second kappa shape index (κ2) is 34.7. The fourth-order valence-corrected chi connectivity index (χ4v) is 6.01. The van der Waals surface area contributed by atoms with Crippen molar-refractivity contribution in [3.05, 3.63) is 0 Å². The van der Waals surface area contributed by atoms with Crippen molar-refractivity contribution < 1.29 is 34.1 Å². The molecule has 0 rings (SSSR count). The Bertz CT molecular complexity index is 792. The van der Waals surface area contributed by atoms with Crippen LogP contribution in [0.15, 0.2) is 0 Å². The lowest BCUT2D eigenvalue weighted by atomic mass is 10.0. The molecule has 0 aromatic carbocycles. The standard InChI is InChI=1S/C39H74N2O7/c1-3-5-7-9-11-12-13-14-15-16-17-18-23-27-31-38(45)48-34(28-24-20-10-8-6-4-2)29-25-21-19-22-26-30-36(43)40-32-37(44)41-35(33-42)39(46)47/h34-35,42H,3-33H2,1-2H3,(H,40,43)(H,41,44)(H,46,47). The number of rotatable bonds is 36. The van der Waals surface area contributed by atoms with Gasteiger partial charge in [0.1, 0.15) is 12.1 Å². The Morgan fingerprint density at radius 1 is 0.542 bits per heavy atom. The third-order valence-electron chi connectivity index (χ3n) is 9.10. The Hall–Kier alpha value is -2.16. The summed E-state index contributed by atoms with van der Waals surface area (Å²) in [4.78, 5) is 47.3. The Balaban J connectivity index is 4.10. The number of carbonyl (C=O) groups excluding carboxylic acids is 3. The van der Waals surface area contributed by atoms with Gasteiger partial charge in [-0.05, 0) is 38.5 Å². The molecule has 0 radical (unpaired) electrons. The number of carboxylic acid groups (broad SMARTS) is 1. The van der Waals surface area contributed by atoms with Crippen LogP contribution in [-0.2, 0) is 23.9 Å². The lowest BCUT2D eigenvalue weighted by molar-refractivity contribution is -0.150. The van der Waals surface area contributed by atoms with Crippen LogP contribution in [-0.4, -0.2) is 59.3 Å². The van der Waals surface area contributed by atoms with E-state index >= 15 is 0 Å². The van der Waals surface area contributed by atoms with Gasteiger partial charge in [0.05, 0.1) is 13.2 Å². The lowest BCUT2D eigenvalue weighted by Crippen LogP contribution is -2.47. The van der Waals surface area contributed by atoms with Crippen molar-refractivity contribution >= 4 is 23.8 Å². The van der Waals surface area contributed by atoms with E-state index in [2.05, 4.69) is 24.5 Å². The second-order valence-electron chi connectivity index (χ2n) is 13.7. The quantitative estimate of drug-likeness (QED) is 0.0382. The first-order valence-corrected chi connectivity index (χ1v) is 19.9. The van der Waals surface area contributed by atoms with E-state index in [4.69, 9.17) is 14.9 Å². The maximum atomic E-state index is 12.7. The number of aliphatic hydroxyl groups is 1. The third kappa shape index (κ3) is 31.1. The summed E-state index contributed by atoms with van der Waals surface area (Å²) >= 11 is 0. The molecule has 2 atom stereocenters. The maximum absolute atomic E-state index is 12.7. The van der Waals surface area contributed by atoms with Crippen LogP contribution in [0, 0.1) is 0 Å². The van der Waals surface area contributed by atoms with Crippen LogP contribution in [0.2, 0.25) is 0 Å². The van der Waals surface area contributed by atoms with Crippen LogP contribution >= 0.6 is 0 Å². The van der Waals surface area contributed by atoms with Crippen molar-refractivity contribution in [3.8, 4) is 0 Å². The van der Waals surface area contributed by atoms with E-state index in [0.717, 1.165) is 57.8 Å². The number of hydrogen-bond acceptors (Lipinski definition) is 6. The van der Waals surface area contributed by atoms with Gasteiger partial charge in [0.2, 0.25) is 11.8 Å². The van der Waals surface area contributed by atoms with Crippen LogP contribution in [0.1, 0.15) is 200 Å². The van der Waals surface area contributed by atoms with Gasteiger partial charge in [-0.25, -0.2) is 4.79 Å². The van der Waals surface area contributed by atoms with Crippen molar-refractivity contribution in [3.63, 3.8) is 0 Å². The summed E-state index contributed by atoms with van der Waals surface area (Å²) in [7, 11) is 0. The predicted molar refractivity (Wildman–Crippen MR) is 195 cm³/mol. The summed E-state index contributed by atoms with van der Waals surface area (Å²) in [5.74, 6) is -2.28. The molecule has 9 nitrogen and oxygen atoms in total. The van der Waals surface area contributed by atoms with Gasteiger partial charge in [-0.2, -0.15) is 0 Å². The maximum Gasteiger partial charge on any atom is 0.328 e. The fourth-order valence-electron chi connectivity index (χ4n) is 6.01. The largest absolute Gasteiger partial charge is 0.480 e. The highest BCUT2D eigenvalue weighted by atomic mass is 16.5. The van der Waals surface area contributed by atoms with E-state index in [1.54, 1.807) is 0 Å². The number of nitrogens with one attached hydrogen (secondary N) is 2. The van der Waals surface area contributed by atoms with Gasteiger partial charge in [-0.1, -0.05) is 149 Å². The van der Waals surface area contributed by atoms with Crippen molar-refractivity contribution in [2.45, 2.75) is 212 Å². The molecule has 4 N–H and O–H groups in total. The molecule has 0 aromatic rings. The van der Waals surface area contributed by atoms with Crippen molar-refractivity contribution in [1.29, 1.82) is 0 Å². The molecule has 0 heterocycles. The molecule has 0 bridgehead atoms. The molecule has 0 fully saturated rings. The molecule has 0 aliphatic heterocycles. The number of esters is 1. The molecule has 0 saturated carbocycles. The third-order valence-corrected chi connectivity index (χ3v) is 9.10. The van der Waals surface area contributed by atoms with E-state index in [1.807, 2.05) is 0 Å². The van der Waals surface area contributed by atoms with E-state index in [-0.39, 0.29) is 24.5 Å². The predicted octanol–water partition coefficient (Wildman–Crippen LogP) is 8.93. The fraction of sp³-hybridized carbons (Fsp3) is 0.897. The zero-order chi connectivity index (χ0) is 35.5. The Morgan fingerprint density at radius 2 is 0.938 bits per heavy atom. The average molecular weight is 683 g/mol. The molecule has 0 aliphatic rings. The van der Waals surface area contributed by atoms with Gasteiger partial charge in [-0.3, -0.25) is 14.4 Å². The second-order valence-corrected chi connectivity index (χ2v) is 13.7. The molecule has 48 heavy (non-hydrogen) atoms. The highest BCUT2D eigenvalue weighted by Gasteiger charge is 2.19. The molecule has 282 valence electrons. The number of amides is 2. The first-order chi connectivity index (χ1) is 23.3. The van der Waals surface area contributed by atoms with Crippen LogP contribution in [0.3, 0.4) is 0 Å². The summed E-state index contributed by atoms with van der Waals surface area (Å²) in [6.45, 7) is 3.46. The van der Waals surface area contributed by atoms with E-state index in [0.29, 0.717) is 19.3 Å². The molecular formula is C39H74N2O7. The highest BCUT2D eigenvalue weighted by molar-refractivity contribution is 5.87. The van der Waals surface area contributed by atoms with Crippen LogP contribution in [0.5, 0.6) is 0 Å². The van der Waals surface area contributed by atoms with Gasteiger partial charge in [-0.15, -0.1) is 0 Å². The molecule has 0 saturated heterocycles. The summed E-state index contributed by atoms with van der Waals surface area (Å²) in [5.41, 5.74) is 0. The Kier molecular flexibility index (Phi) is 33.1. The minimum absolute atomic E-state index is 0.00111. The number of ether oxygens (including phenoxy) is 1. The number of carbonyl (C=O) groups is 4. The SMILES string of the molecule is CCCCCCCCCCCCCCCCC(=O)OC(CCCCCCCC)CCCCCCCC(=O)NCC(=O)NC(CO)C(=O)O. The number of carboxylic acids is 1. The van der Waals surface area contributed by atoms with Crippen molar-refractivity contribution in [1.82, 2.24) is 10.6 Å². The average Bonchev–Trinajstić information content (AvgIpc) is 3.07. The molecule has 0 aromatic heterocycles. The first-order valence-electron chi connectivity index (χ1n) is 19.9. The summed E-state index contributed by atoms with van der Waals surface area (Å²) in [6, 6.07) is -1.38. The van der Waals surface area contributed by atoms with E-state index in [9.17, 15) is 19.2 Å². The van der Waals surface area contributed by atoms with Crippen LogP contribution < -0.4 is 10.6 Å². The Morgan fingerprint density at radius 3 is 1.35 bits per heavy atom. The zero-order valence-corrected chi connectivity index (χ0v) is 31.0.